The standard InChI is InChI=1S/C38H62N8O8/c1-24(2)22-31(36(52)53)45-35(51)30(23-25-15-17-26(47)18-16-25)44-33(49)27-12-6-4-5-9-19-38(3,41)37(54)46-29(14-8-11-21-40)34(50)43-28(32(48)42-27)13-7-10-20-39/h4,6,15-18,24,27-31,47H,5,7-14,19-23,39-41H2,1-3H3,(H,42,48)(H,43,50)(H,44,49)(H,45,51)(H,46,54)(H,52,53)/b6-4+/t27-,28-,29-,30-,31-,38+/m0/s1. The number of amides is 5. The van der Waals surface area contributed by atoms with Crippen LogP contribution in [0.5, 0.6) is 5.75 Å². The van der Waals surface area contributed by atoms with E-state index >= 15 is 0 Å². The van der Waals surface area contributed by atoms with Crippen LogP contribution in [0.2, 0.25) is 0 Å². The number of carboxylic acid groups (broad SMARTS) is 1. The van der Waals surface area contributed by atoms with Gasteiger partial charge >= 0.3 is 5.97 Å². The minimum atomic E-state index is -1.28. The number of carbonyl (C=O) groups is 6. The second-order valence-electron chi connectivity index (χ2n) is 14.7. The smallest absolute Gasteiger partial charge is 0.326 e. The minimum absolute atomic E-state index is 0.000621. The van der Waals surface area contributed by atoms with Crippen molar-refractivity contribution in [3.8, 4) is 5.75 Å². The van der Waals surface area contributed by atoms with Gasteiger partial charge in [0.05, 0.1) is 5.54 Å². The van der Waals surface area contributed by atoms with E-state index in [1.807, 2.05) is 19.9 Å². The van der Waals surface area contributed by atoms with Gasteiger partial charge < -0.3 is 54.0 Å². The van der Waals surface area contributed by atoms with Crippen LogP contribution in [0.3, 0.4) is 0 Å². The van der Waals surface area contributed by atoms with Crippen molar-refractivity contribution in [3.63, 3.8) is 0 Å². The number of nitrogens with two attached hydrogens (primary N) is 3. The van der Waals surface area contributed by atoms with Crippen LogP contribution >= 0.6 is 0 Å². The van der Waals surface area contributed by atoms with E-state index in [0.717, 1.165) is 0 Å². The van der Waals surface area contributed by atoms with Crippen molar-refractivity contribution >= 4 is 35.5 Å². The Labute approximate surface area is 318 Å². The SMILES string of the molecule is CC(C)C[C@H](NC(=O)[C@H](Cc1ccc(O)cc1)NC(=O)[C@@H]1C/C=C/CCC[C@@](C)(N)C(=O)N[C@@H](CCCCN)C(=O)N[C@@H](CCCCN)C(=O)N1)C(=O)O. The van der Waals surface area contributed by atoms with E-state index < -0.39 is 71.3 Å². The van der Waals surface area contributed by atoms with Crippen molar-refractivity contribution in [2.45, 2.75) is 134 Å². The molecule has 1 aromatic rings. The highest BCUT2D eigenvalue weighted by molar-refractivity contribution is 5.96. The third-order valence-corrected chi connectivity index (χ3v) is 9.24. The summed E-state index contributed by atoms with van der Waals surface area (Å²) in [6.07, 6.45) is 7.63. The Morgan fingerprint density at radius 1 is 0.870 bits per heavy atom. The monoisotopic (exact) mass is 758 g/mol. The zero-order valence-electron chi connectivity index (χ0n) is 31.9. The number of hydrogen-bond acceptors (Lipinski definition) is 10. The van der Waals surface area contributed by atoms with Crippen LogP contribution in [0.15, 0.2) is 36.4 Å². The molecule has 1 aliphatic rings. The highest BCUT2D eigenvalue weighted by Crippen LogP contribution is 2.16. The van der Waals surface area contributed by atoms with E-state index in [1.165, 1.54) is 12.1 Å². The summed E-state index contributed by atoms with van der Waals surface area (Å²) < 4.78 is 0. The van der Waals surface area contributed by atoms with Crippen LogP contribution in [0, 0.1) is 5.92 Å². The van der Waals surface area contributed by atoms with E-state index in [-0.39, 0.29) is 43.8 Å². The number of aliphatic carboxylic acids is 1. The molecule has 0 saturated heterocycles. The molecule has 0 fully saturated rings. The molecule has 0 saturated carbocycles. The first kappa shape index (κ1) is 45.6. The van der Waals surface area contributed by atoms with Crippen molar-refractivity contribution in [3.05, 3.63) is 42.0 Å². The zero-order valence-corrected chi connectivity index (χ0v) is 31.9. The number of rotatable bonds is 17. The van der Waals surface area contributed by atoms with Gasteiger partial charge in [0.1, 0.15) is 36.0 Å². The van der Waals surface area contributed by atoms with Gasteiger partial charge in [-0.1, -0.05) is 38.1 Å². The third-order valence-electron chi connectivity index (χ3n) is 9.24. The van der Waals surface area contributed by atoms with Gasteiger partial charge in [-0.05, 0) is 114 Å². The molecule has 0 spiro atoms. The number of nitrogens with one attached hydrogen (secondary N) is 5. The highest BCUT2D eigenvalue weighted by atomic mass is 16.4. The van der Waals surface area contributed by atoms with Gasteiger partial charge in [0, 0.05) is 6.42 Å². The molecule has 5 amide bonds. The number of unbranched alkanes of at least 4 members (excludes halogenated alkanes) is 2. The van der Waals surface area contributed by atoms with Crippen LogP contribution < -0.4 is 43.8 Å². The Kier molecular flexibility index (Phi) is 19.7. The van der Waals surface area contributed by atoms with Crippen molar-refractivity contribution < 1.29 is 39.0 Å². The van der Waals surface area contributed by atoms with E-state index in [2.05, 4.69) is 26.6 Å². The lowest BCUT2D eigenvalue weighted by Gasteiger charge is -2.29. The summed E-state index contributed by atoms with van der Waals surface area (Å²) in [6, 6.07) is 0.262. The Morgan fingerprint density at radius 2 is 1.46 bits per heavy atom. The summed E-state index contributed by atoms with van der Waals surface area (Å²) in [4.78, 5) is 80.5. The molecule has 16 heteroatoms. The average Bonchev–Trinajstić information content (AvgIpc) is 3.11. The van der Waals surface area contributed by atoms with Crippen LogP contribution in [-0.4, -0.2) is 94.6 Å². The highest BCUT2D eigenvalue weighted by Gasteiger charge is 2.35. The molecule has 1 heterocycles. The quantitative estimate of drug-likeness (QED) is 0.0776. The lowest BCUT2D eigenvalue weighted by atomic mass is 9.94. The Morgan fingerprint density at radius 3 is 2.04 bits per heavy atom. The van der Waals surface area contributed by atoms with Crippen molar-refractivity contribution in [2.24, 2.45) is 23.1 Å². The average molecular weight is 759 g/mol. The first-order valence-corrected chi connectivity index (χ1v) is 18.9. The molecule has 1 aromatic carbocycles. The predicted octanol–water partition coefficient (Wildman–Crippen LogP) is 0.595. The van der Waals surface area contributed by atoms with Crippen molar-refractivity contribution in [1.29, 1.82) is 0 Å². The first-order valence-electron chi connectivity index (χ1n) is 18.9. The molecule has 0 aliphatic carbocycles. The molecule has 0 radical (unpaired) electrons. The number of hydrogen-bond donors (Lipinski definition) is 10. The van der Waals surface area contributed by atoms with Gasteiger partial charge in [0.25, 0.3) is 0 Å². The number of phenolic OH excluding ortho intramolecular Hbond substituents is 1. The predicted molar refractivity (Wildman–Crippen MR) is 205 cm³/mol. The van der Waals surface area contributed by atoms with Gasteiger partial charge in [-0.2, -0.15) is 0 Å². The summed E-state index contributed by atoms with van der Waals surface area (Å²) in [5.74, 6) is -4.45. The number of benzene rings is 1. The summed E-state index contributed by atoms with van der Waals surface area (Å²) in [6.45, 7) is 5.99. The van der Waals surface area contributed by atoms with Crippen LogP contribution in [-0.2, 0) is 35.2 Å². The Balaban J connectivity index is 2.47. The lowest BCUT2D eigenvalue weighted by molar-refractivity contribution is -0.142. The van der Waals surface area contributed by atoms with Gasteiger partial charge in [-0.15, -0.1) is 0 Å². The van der Waals surface area contributed by atoms with Gasteiger partial charge in [-0.3, -0.25) is 24.0 Å². The van der Waals surface area contributed by atoms with E-state index in [1.54, 1.807) is 25.1 Å². The van der Waals surface area contributed by atoms with Gasteiger partial charge in [0.2, 0.25) is 29.5 Å². The number of carbonyl (C=O) groups excluding carboxylic acids is 5. The summed E-state index contributed by atoms with van der Waals surface area (Å²) in [5.41, 5.74) is 17.1. The Hall–Kier alpha value is -4.54. The molecular weight excluding hydrogens is 696 g/mol. The third kappa shape index (κ3) is 16.2. The summed E-state index contributed by atoms with van der Waals surface area (Å²) >= 11 is 0. The van der Waals surface area contributed by atoms with Crippen molar-refractivity contribution in [2.75, 3.05) is 13.1 Å². The lowest BCUT2D eigenvalue weighted by Crippen LogP contribution is -2.60. The maximum Gasteiger partial charge on any atom is 0.326 e. The normalized spacial score (nSPS) is 23.3. The molecule has 0 aromatic heterocycles. The van der Waals surface area contributed by atoms with E-state index in [4.69, 9.17) is 17.2 Å². The fourth-order valence-corrected chi connectivity index (χ4v) is 5.99. The molecule has 0 bridgehead atoms. The van der Waals surface area contributed by atoms with Gasteiger partial charge in [-0.25, -0.2) is 4.79 Å². The largest absolute Gasteiger partial charge is 0.508 e. The summed E-state index contributed by atoms with van der Waals surface area (Å²) in [7, 11) is 0. The molecule has 1 aliphatic heterocycles. The van der Waals surface area contributed by atoms with Gasteiger partial charge in [0.15, 0.2) is 0 Å². The van der Waals surface area contributed by atoms with Crippen LogP contribution in [0.4, 0.5) is 0 Å². The molecule has 54 heavy (non-hydrogen) atoms. The fraction of sp³-hybridized carbons (Fsp3) is 0.632. The molecular formula is C38H62N8O8. The van der Waals surface area contributed by atoms with Crippen molar-refractivity contribution in [1.82, 2.24) is 26.6 Å². The zero-order chi connectivity index (χ0) is 40.3. The van der Waals surface area contributed by atoms with Crippen LogP contribution in [0.25, 0.3) is 0 Å². The molecule has 6 atom stereocenters. The van der Waals surface area contributed by atoms with E-state index in [9.17, 15) is 39.0 Å². The molecule has 302 valence electrons. The first-order chi connectivity index (χ1) is 25.6. The molecule has 16 nitrogen and oxygen atoms in total. The number of carboxylic acids is 1. The second kappa shape index (κ2) is 23.3. The molecule has 13 N–H and O–H groups in total. The Bertz CT molecular complexity index is 1420. The maximum atomic E-state index is 14.0. The summed E-state index contributed by atoms with van der Waals surface area (Å²) in [5, 5.41) is 33.1. The second-order valence-corrected chi connectivity index (χ2v) is 14.7. The molecule has 0 unspecified atom stereocenters. The van der Waals surface area contributed by atoms with Crippen LogP contribution in [0.1, 0.15) is 97.0 Å². The topological polar surface area (TPSA) is 281 Å². The number of phenols is 1. The number of aromatic hydroxyl groups is 1. The van der Waals surface area contributed by atoms with E-state index in [0.29, 0.717) is 63.6 Å². The minimum Gasteiger partial charge on any atom is -0.508 e. The fourth-order valence-electron chi connectivity index (χ4n) is 5.99. The maximum absolute atomic E-state index is 14.0. The number of allylic oxidation sites excluding steroid dienone is 1. The molecule has 2 rings (SSSR count).